The molecule has 0 bridgehead atoms. The minimum absolute atomic E-state index is 0.230. The molecule has 0 spiro atoms. The van der Waals surface area contributed by atoms with Crippen molar-refractivity contribution in [2.75, 3.05) is 13.2 Å². The number of hydrogen-bond donors (Lipinski definition) is 1. The van der Waals surface area contributed by atoms with Gasteiger partial charge < -0.3 is 10.1 Å². The van der Waals surface area contributed by atoms with Crippen LogP contribution in [0.3, 0.4) is 0 Å². The number of hydrogen-bond acceptors (Lipinski definition) is 2. The zero-order valence-electron chi connectivity index (χ0n) is 10.0. The van der Waals surface area contributed by atoms with E-state index in [0.29, 0.717) is 5.92 Å². The van der Waals surface area contributed by atoms with Gasteiger partial charge in [0, 0.05) is 17.9 Å². The maximum Gasteiger partial charge on any atom is 0.122 e. The Morgan fingerprint density at radius 1 is 1.38 bits per heavy atom. The molecule has 86 valence electrons. The van der Waals surface area contributed by atoms with Crippen molar-refractivity contribution >= 4 is 0 Å². The smallest absolute Gasteiger partial charge is 0.122 e. The van der Waals surface area contributed by atoms with Crippen LogP contribution in [0.1, 0.15) is 37.3 Å². The van der Waals surface area contributed by atoms with Gasteiger partial charge in [-0.2, -0.15) is 0 Å². The zero-order valence-corrected chi connectivity index (χ0v) is 10.0. The molecule has 0 radical (unpaired) electrons. The molecule has 2 aliphatic heterocycles. The van der Waals surface area contributed by atoms with E-state index in [2.05, 4.69) is 37.4 Å². The van der Waals surface area contributed by atoms with Crippen LogP contribution in [0.4, 0.5) is 0 Å². The first-order valence-corrected chi connectivity index (χ1v) is 6.17. The summed E-state index contributed by atoms with van der Waals surface area (Å²) in [6.07, 6.45) is 2.32. The van der Waals surface area contributed by atoms with Crippen molar-refractivity contribution in [3.63, 3.8) is 0 Å². The van der Waals surface area contributed by atoms with Crippen LogP contribution >= 0.6 is 0 Å². The third-order valence-electron chi connectivity index (χ3n) is 4.00. The lowest BCUT2D eigenvalue weighted by Gasteiger charge is -2.27. The molecule has 1 aromatic carbocycles. The summed E-state index contributed by atoms with van der Waals surface area (Å²) in [7, 11) is 0. The van der Waals surface area contributed by atoms with Gasteiger partial charge in [-0.05, 0) is 44.0 Å². The molecule has 1 unspecified atom stereocenters. The maximum absolute atomic E-state index is 5.55. The van der Waals surface area contributed by atoms with Gasteiger partial charge >= 0.3 is 0 Å². The SMILES string of the molecule is CC1(C)NCCC1c1ccc2c(c1)CCO2. The van der Waals surface area contributed by atoms with E-state index in [1.165, 1.54) is 17.5 Å². The summed E-state index contributed by atoms with van der Waals surface area (Å²) in [4.78, 5) is 0. The molecule has 2 heterocycles. The van der Waals surface area contributed by atoms with Crippen LogP contribution in [0.2, 0.25) is 0 Å². The summed E-state index contributed by atoms with van der Waals surface area (Å²) in [6.45, 7) is 6.58. The molecular weight excluding hydrogens is 198 g/mol. The first kappa shape index (κ1) is 10.2. The fourth-order valence-corrected chi connectivity index (χ4v) is 3.03. The average molecular weight is 217 g/mol. The molecule has 1 saturated heterocycles. The van der Waals surface area contributed by atoms with E-state index in [0.717, 1.165) is 25.3 Å². The predicted octanol–water partition coefficient (Wildman–Crippen LogP) is 2.48. The van der Waals surface area contributed by atoms with Crippen LogP contribution in [0.5, 0.6) is 5.75 Å². The molecule has 1 fully saturated rings. The largest absolute Gasteiger partial charge is 0.493 e. The average Bonchev–Trinajstić information content (AvgIpc) is 2.82. The van der Waals surface area contributed by atoms with Gasteiger partial charge in [-0.1, -0.05) is 12.1 Å². The van der Waals surface area contributed by atoms with Crippen molar-refractivity contribution in [1.82, 2.24) is 5.32 Å². The van der Waals surface area contributed by atoms with Gasteiger partial charge in [-0.3, -0.25) is 0 Å². The van der Waals surface area contributed by atoms with Crippen LogP contribution in [0, 0.1) is 0 Å². The van der Waals surface area contributed by atoms with E-state index >= 15 is 0 Å². The van der Waals surface area contributed by atoms with Gasteiger partial charge in [-0.25, -0.2) is 0 Å². The third-order valence-corrected chi connectivity index (χ3v) is 4.00. The Kier molecular flexibility index (Phi) is 2.21. The van der Waals surface area contributed by atoms with E-state index in [1.54, 1.807) is 0 Å². The molecule has 1 atom stereocenters. The third kappa shape index (κ3) is 1.52. The quantitative estimate of drug-likeness (QED) is 0.780. The lowest BCUT2D eigenvalue weighted by molar-refractivity contribution is 0.356. The summed E-state index contributed by atoms with van der Waals surface area (Å²) in [5.41, 5.74) is 3.09. The zero-order chi connectivity index (χ0) is 11.2. The molecule has 0 amide bonds. The van der Waals surface area contributed by atoms with Crippen molar-refractivity contribution in [2.24, 2.45) is 0 Å². The number of rotatable bonds is 1. The molecule has 0 aliphatic carbocycles. The fourth-order valence-electron chi connectivity index (χ4n) is 3.03. The van der Waals surface area contributed by atoms with E-state index in [1.807, 2.05) is 0 Å². The highest BCUT2D eigenvalue weighted by atomic mass is 16.5. The summed E-state index contributed by atoms with van der Waals surface area (Å²) in [5, 5.41) is 3.58. The second kappa shape index (κ2) is 3.49. The van der Waals surface area contributed by atoms with Gasteiger partial charge in [0.25, 0.3) is 0 Å². The first-order valence-electron chi connectivity index (χ1n) is 6.17. The van der Waals surface area contributed by atoms with Crippen LogP contribution in [-0.4, -0.2) is 18.7 Å². The minimum Gasteiger partial charge on any atom is -0.493 e. The topological polar surface area (TPSA) is 21.3 Å². The molecule has 2 heteroatoms. The van der Waals surface area contributed by atoms with Crippen LogP contribution in [-0.2, 0) is 6.42 Å². The number of ether oxygens (including phenoxy) is 1. The first-order chi connectivity index (χ1) is 7.67. The summed E-state index contributed by atoms with van der Waals surface area (Å²) >= 11 is 0. The Morgan fingerprint density at radius 3 is 3.00 bits per heavy atom. The van der Waals surface area contributed by atoms with Gasteiger partial charge in [0.1, 0.15) is 5.75 Å². The summed E-state index contributed by atoms with van der Waals surface area (Å²) in [5.74, 6) is 1.73. The number of nitrogens with one attached hydrogen (secondary N) is 1. The molecule has 0 aromatic heterocycles. The van der Waals surface area contributed by atoms with Crippen LogP contribution < -0.4 is 10.1 Å². The monoisotopic (exact) mass is 217 g/mol. The normalized spacial score (nSPS) is 26.5. The lowest BCUT2D eigenvalue weighted by Crippen LogP contribution is -2.36. The molecule has 1 aromatic rings. The highest BCUT2D eigenvalue weighted by Gasteiger charge is 2.35. The second-order valence-corrected chi connectivity index (χ2v) is 5.46. The van der Waals surface area contributed by atoms with E-state index in [4.69, 9.17) is 4.74 Å². The highest BCUT2D eigenvalue weighted by Crippen LogP contribution is 2.38. The molecular formula is C14H19NO. The van der Waals surface area contributed by atoms with Crippen molar-refractivity contribution in [2.45, 2.75) is 38.1 Å². The molecule has 0 saturated carbocycles. The maximum atomic E-state index is 5.55. The Morgan fingerprint density at radius 2 is 2.25 bits per heavy atom. The van der Waals surface area contributed by atoms with Crippen LogP contribution in [0.25, 0.3) is 0 Å². The molecule has 2 aliphatic rings. The molecule has 2 nitrogen and oxygen atoms in total. The lowest BCUT2D eigenvalue weighted by atomic mass is 9.82. The Hall–Kier alpha value is -1.02. The van der Waals surface area contributed by atoms with E-state index in [-0.39, 0.29) is 5.54 Å². The van der Waals surface area contributed by atoms with Crippen LogP contribution in [0.15, 0.2) is 18.2 Å². The van der Waals surface area contributed by atoms with Crippen molar-refractivity contribution in [1.29, 1.82) is 0 Å². The fraction of sp³-hybridized carbons (Fsp3) is 0.571. The second-order valence-electron chi connectivity index (χ2n) is 5.46. The molecule has 1 N–H and O–H groups in total. The minimum atomic E-state index is 0.230. The highest BCUT2D eigenvalue weighted by molar-refractivity contribution is 5.42. The Labute approximate surface area is 97.0 Å². The van der Waals surface area contributed by atoms with E-state index < -0.39 is 0 Å². The van der Waals surface area contributed by atoms with Crippen molar-refractivity contribution < 1.29 is 4.74 Å². The number of benzene rings is 1. The standard InChI is InChI=1S/C14H19NO/c1-14(2)12(5-7-15-14)10-3-4-13-11(9-10)6-8-16-13/h3-4,9,12,15H,5-8H2,1-2H3. The van der Waals surface area contributed by atoms with Gasteiger partial charge in [-0.15, -0.1) is 0 Å². The predicted molar refractivity (Wildman–Crippen MR) is 65.1 cm³/mol. The Bertz CT molecular complexity index is 411. The Balaban J connectivity index is 1.95. The van der Waals surface area contributed by atoms with Gasteiger partial charge in [0.15, 0.2) is 0 Å². The number of fused-ring (bicyclic) bond motifs is 1. The van der Waals surface area contributed by atoms with Crippen molar-refractivity contribution in [3.8, 4) is 5.75 Å². The summed E-state index contributed by atoms with van der Waals surface area (Å²) < 4.78 is 5.55. The van der Waals surface area contributed by atoms with Gasteiger partial charge in [0.05, 0.1) is 6.61 Å². The summed E-state index contributed by atoms with van der Waals surface area (Å²) in [6, 6.07) is 6.73. The van der Waals surface area contributed by atoms with Crippen molar-refractivity contribution in [3.05, 3.63) is 29.3 Å². The van der Waals surface area contributed by atoms with Gasteiger partial charge in [0.2, 0.25) is 0 Å². The molecule has 3 rings (SSSR count). The molecule has 16 heavy (non-hydrogen) atoms. The van der Waals surface area contributed by atoms with E-state index in [9.17, 15) is 0 Å².